The monoisotopic (exact) mass is 487 g/mol. The number of carbonyl (C=O) groups excluding carboxylic acids is 1. The summed E-state index contributed by atoms with van der Waals surface area (Å²) < 4.78 is 10.7. The van der Waals surface area contributed by atoms with Crippen LogP contribution in [0.5, 0.6) is 0 Å². The van der Waals surface area contributed by atoms with Crippen LogP contribution in [0.15, 0.2) is 59.3 Å². The molecule has 1 amide bonds. The molecule has 9 nitrogen and oxygen atoms in total. The number of amides is 1. The van der Waals surface area contributed by atoms with Crippen molar-refractivity contribution in [1.29, 1.82) is 5.41 Å². The highest BCUT2D eigenvalue weighted by molar-refractivity contribution is 5.99. The second-order valence-electron chi connectivity index (χ2n) is 9.00. The van der Waals surface area contributed by atoms with Gasteiger partial charge in [-0.05, 0) is 61.9 Å². The van der Waals surface area contributed by atoms with E-state index in [0.29, 0.717) is 42.3 Å². The van der Waals surface area contributed by atoms with Crippen molar-refractivity contribution in [3.05, 3.63) is 82.3 Å². The minimum absolute atomic E-state index is 0.0425. The second-order valence-corrected chi connectivity index (χ2v) is 9.00. The fraction of sp³-hybridized carbons (Fsp3) is 0.333. The van der Waals surface area contributed by atoms with Gasteiger partial charge in [-0.25, -0.2) is 0 Å². The number of aromatic nitrogens is 4. The molecule has 1 N–H and O–H groups in total. The molecule has 0 saturated heterocycles. The van der Waals surface area contributed by atoms with Crippen LogP contribution in [0.1, 0.15) is 34.1 Å². The van der Waals surface area contributed by atoms with Gasteiger partial charge in [-0.1, -0.05) is 0 Å². The van der Waals surface area contributed by atoms with Gasteiger partial charge in [0, 0.05) is 56.4 Å². The van der Waals surface area contributed by atoms with Gasteiger partial charge >= 0.3 is 0 Å². The molecule has 0 bridgehead atoms. The Morgan fingerprint density at radius 3 is 2.58 bits per heavy atom. The second kappa shape index (κ2) is 10.2. The van der Waals surface area contributed by atoms with Crippen molar-refractivity contribution >= 4 is 12.6 Å². The number of methoxy groups -OCH3 is 1. The number of allylic oxidation sites excluding steroid dienone is 2. The number of benzene rings is 1. The van der Waals surface area contributed by atoms with Crippen molar-refractivity contribution in [3.8, 4) is 11.1 Å². The molecule has 0 radical (unpaired) electrons. The largest absolute Gasteiger partial charge is 0.497 e. The number of aliphatic imine (C=N–C) groups is 1. The van der Waals surface area contributed by atoms with Gasteiger partial charge in [-0.3, -0.25) is 19.9 Å². The number of imidazole rings is 1. The molecule has 1 aliphatic rings. The maximum absolute atomic E-state index is 13.8. The van der Waals surface area contributed by atoms with Crippen LogP contribution in [0.2, 0.25) is 0 Å². The molecule has 0 atom stereocenters. The van der Waals surface area contributed by atoms with Gasteiger partial charge < -0.3 is 18.8 Å². The number of rotatable bonds is 8. The normalized spacial score (nSPS) is 14.2. The number of ether oxygens (including phenoxy) is 1. The van der Waals surface area contributed by atoms with Gasteiger partial charge in [0.2, 0.25) is 5.62 Å². The van der Waals surface area contributed by atoms with Crippen LogP contribution in [0.3, 0.4) is 0 Å². The highest BCUT2D eigenvalue weighted by atomic mass is 16.5. The van der Waals surface area contributed by atoms with Crippen molar-refractivity contribution < 1.29 is 9.53 Å². The summed E-state index contributed by atoms with van der Waals surface area (Å²) in [4.78, 5) is 19.7. The number of hydrogen-bond donors (Lipinski definition) is 1. The van der Waals surface area contributed by atoms with E-state index in [1.54, 1.807) is 27.3 Å². The lowest BCUT2D eigenvalue weighted by Crippen LogP contribution is -2.39. The van der Waals surface area contributed by atoms with Crippen molar-refractivity contribution in [2.45, 2.75) is 26.8 Å². The topological polar surface area (TPSA) is 93.4 Å². The highest BCUT2D eigenvalue weighted by Gasteiger charge is 2.28. The summed E-state index contributed by atoms with van der Waals surface area (Å²) in [7, 11) is 5.35. The van der Waals surface area contributed by atoms with Gasteiger partial charge in [0.25, 0.3) is 5.91 Å². The molecule has 188 valence electrons. The van der Waals surface area contributed by atoms with E-state index in [1.165, 1.54) is 0 Å². The number of fused-ring (bicyclic) bond motifs is 1. The smallest absolute Gasteiger partial charge is 0.254 e. The number of nitrogens with one attached hydrogen (secondary N) is 1. The molecular formula is C27H33N7O2. The molecule has 1 aromatic carbocycles. The molecule has 1 aliphatic heterocycles. The molecule has 0 unspecified atom stereocenters. The number of nitrogens with zero attached hydrogens (tertiary/aromatic N) is 6. The maximum atomic E-state index is 13.8. The quantitative estimate of drug-likeness (QED) is 0.300. The Kier molecular flexibility index (Phi) is 7.10. The summed E-state index contributed by atoms with van der Waals surface area (Å²) in [5.41, 5.74) is 6.69. The third-order valence-corrected chi connectivity index (χ3v) is 6.58. The predicted octanol–water partition coefficient (Wildman–Crippen LogP) is 3.20. The fourth-order valence-electron chi connectivity index (χ4n) is 4.67. The number of aryl methyl sites for hydroxylation is 3. The summed E-state index contributed by atoms with van der Waals surface area (Å²) >= 11 is 0. The molecular weight excluding hydrogens is 454 g/mol. The zero-order chi connectivity index (χ0) is 26.0. The van der Waals surface area contributed by atoms with Crippen LogP contribution in [0, 0.1) is 12.3 Å². The minimum atomic E-state index is -0.0425. The van der Waals surface area contributed by atoms with Gasteiger partial charge in [-0.2, -0.15) is 5.10 Å². The highest BCUT2D eigenvalue weighted by Crippen LogP contribution is 2.34. The standard InChI is InChI=1S/C27H33N7O2/c1-7-21(36-6)14-20(29-3)16-33-9-8-22-23(25-17-32(5)30-18(25)2)12-19(13-24(22)26(33)35)15-34-11-10-31(4)27(34)28/h7,10-14,17,28H,3,8-9,15-16H2,1-2,4-6H3/b20-14-,21-7+,28-27?. The zero-order valence-electron chi connectivity index (χ0n) is 21.6. The van der Waals surface area contributed by atoms with Gasteiger partial charge in [0.05, 0.1) is 31.6 Å². The lowest BCUT2D eigenvalue weighted by molar-refractivity contribution is 0.0754. The van der Waals surface area contributed by atoms with Crippen molar-refractivity contribution in [2.75, 3.05) is 20.2 Å². The van der Waals surface area contributed by atoms with Crippen LogP contribution >= 0.6 is 0 Å². The van der Waals surface area contributed by atoms with E-state index in [1.807, 2.05) is 63.2 Å². The maximum Gasteiger partial charge on any atom is 0.254 e. The molecule has 9 heteroatoms. The Labute approximate surface area is 211 Å². The zero-order valence-corrected chi connectivity index (χ0v) is 21.6. The molecule has 0 saturated carbocycles. The Balaban J connectivity index is 1.77. The van der Waals surface area contributed by atoms with E-state index in [4.69, 9.17) is 10.1 Å². The van der Waals surface area contributed by atoms with Crippen LogP contribution < -0.4 is 5.62 Å². The van der Waals surface area contributed by atoms with Crippen LogP contribution in [0.4, 0.5) is 0 Å². The first kappa shape index (κ1) is 25.0. The molecule has 3 heterocycles. The lowest BCUT2D eigenvalue weighted by atomic mass is 9.88. The Hall–Kier alpha value is -4.14. The molecule has 0 spiro atoms. The van der Waals surface area contributed by atoms with E-state index < -0.39 is 0 Å². The first-order chi connectivity index (χ1) is 17.2. The van der Waals surface area contributed by atoms with Crippen LogP contribution in [-0.4, -0.2) is 56.6 Å². The first-order valence-electron chi connectivity index (χ1n) is 11.8. The van der Waals surface area contributed by atoms with E-state index in [0.717, 1.165) is 34.4 Å². The fourth-order valence-corrected chi connectivity index (χ4v) is 4.67. The molecule has 2 aromatic heterocycles. The average Bonchev–Trinajstić information content (AvgIpc) is 3.37. The summed E-state index contributed by atoms with van der Waals surface area (Å²) in [6, 6.07) is 4.11. The average molecular weight is 488 g/mol. The van der Waals surface area contributed by atoms with Gasteiger partial charge in [0.1, 0.15) is 5.76 Å². The van der Waals surface area contributed by atoms with E-state index in [2.05, 4.69) is 22.9 Å². The summed E-state index contributed by atoms with van der Waals surface area (Å²) in [6.45, 7) is 8.97. The SMILES string of the molecule is C=N/C(=C\C(=C/C)OC)CN1CCc2c(cc(Cn3ccn(C)c3=N)cc2-c2cn(C)nc2C)C1=O. The molecule has 3 aromatic rings. The minimum Gasteiger partial charge on any atom is -0.497 e. The predicted molar refractivity (Wildman–Crippen MR) is 140 cm³/mol. The van der Waals surface area contributed by atoms with Crippen molar-refractivity contribution in [1.82, 2.24) is 23.8 Å². The van der Waals surface area contributed by atoms with E-state index in [9.17, 15) is 4.79 Å². The molecule has 0 fully saturated rings. The van der Waals surface area contributed by atoms with Crippen molar-refractivity contribution in [2.24, 2.45) is 19.1 Å². The van der Waals surface area contributed by atoms with Crippen LogP contribution in [0.25, 0.3) is 11.1 Å². The van der Waals surface area contributed by atoms with Crippen molar-refractivity contribution in [3.63, 3.8) is 0 Å². The van der Waals surface area contributed by atoms with Crippen LogP contribution in [-0.2, 0) is 31.8 Å². The lowest BCUT2D eigenvalue weighted by Gasteiger charge is -2.30. The Morgan fingerprint density at radius 1 is 1.25 bits per heavy atom. The molecule has 36 heavy (non-hydrogen) atoms. The molecule has 0 aliphatic carbocycles. The molecule has 4 rings (SSSR count). The third kappa shape index (κ3) is 4.82. The number of hydrogen-bond acceptors (Lipinski definition) is 5. The first-order valence-corrected chi connectivity index (χ1v) is 11.8. The summed E-state index contributed by atoms with van der Waals surface area (Å²) in [6.07, 6.45) is 10.1. The third-order valence-electron chi connectivity index (χ3n) is 6.58. The van der Waals surface area contributed by atoms with E-state index >= 15 is 0 Å². The van der Waals surface area contributed by atoms with E-state index in [-0.39, 0.29) is 5.91 Å². The summed E-state index contributed by atoms with van der Waals surface area (Å²) in [5.74, 6) is 0.629. The number of carbonyl (C=O) groups is 1. The Morgan fingerprint density at radius 2 is 2.00 bits per heavy atom. The Bertz CT molecular complexity index is 1430. The summed E-state index contributed by atoms with van der Waals surface area (Å²) in [5, 5.41) is 12.9. The van der Waals surface area contributed by atoms with Gasteiger partial charge in [0.15, 0.2) is 0 Å². The van der Waals surface area contributed by atoms with Gasteiger partial charge in [-0.15, -0.1) is 0 Å².